The first-order valence-electron chi connectivity index (χ1n) is 17.2. The molecule has 0 aliphatic carbocycles. The van der Waals surface area contributed by atoms with Gasteiger partial charge in [-0.05, 0) is 89.1 Å². The van der Waals surface area contributed by atoms with Gasteiger partial charge in [0.05, 0.1) is 48.7 Å². The average molecular weight is 953 g/mol. The zero-order valence-electron chi connectivity index (χ0n) is 32.8. The maximum atomic E-state index is 12.4. The molecule has 290 valence electrons. The van der Waals surface area contributed by atoms with E-state index in [4.69, 9.17) is 0 Å². The van der Waals surface area contributed by atoms with Gasteiger partial charge in [-0.1, -0.05) is 77.9 Å². The number of hydrogen-bond donors (Lipinski definition) is 0. The molecule has 0 amide bonds. The van der Waals surface area contributed by atoms with Gasteiger partial charge >= 0.3 is 6.18 Å². The van der Waals surface area contributed by atoms with Gasteiger partial charge in [0.2, 0.25) is 0 Å². The summed E-state index contributed by atoms with van der Waals surface area (Å²) in [6.45, 7) is 23.5. The molecule has 2 aromatic carbocycles. The molecule has 6 rings (SSSR count). The molecule has 0 saturated carbocycles. The van der Waals surface area contributed by atoms with E-state index in [0.717, 1.165) is 11.3 Å². The second-order valence-electron chi connectivity index (χ2n) is 14.7. The Bertz CT molecular complexity index is 1930. The molecule has 0 atom stereocenters. The molecular weight excluding hydrogens is 902 g/mol. The molecule has 0 fully saturated rings. The maximum absolute atomic E-state index is 12.4. The number of nitrogens with zero attached hydrogens (tertiary/aromatic N) is 8. The summed E-state index contributed by atoms with van der Waals surface area (Å²) in [5.74, 6) is -0.0783. The number of hydrogen-bond acceptors (Lipinski definition) is 6. The van der Waals surface area contributed by atoms with Crippen LogP contribution in [0, 0.1) is 6.92 Å². The first kappa shape index (κ1) is 46.5. The topological polar surface area (TPSA) is 106 Å². The van der Waals surface area contributed by atoms with Gasteiger partial charge in [0.15, 0.2) is 0 Å². The Balaban J connectivity index is 0.000000260. The van der Waals surface area contributed by atoms with Crippen molar-refractivity contribution in [3.05, 3.63) is 120 Å². The predicted molar refractivity (Wildman–Crippen MR) is 217 cm³/mol. The van der Waals surface area contributed by atoms with Crippen molar-refractivity contribution in [2.75, 3.05) is 26.7 Å². The van der Waals surface area contributed by atoms with Gasteiger partial charge in [-0.2, -0.15) is 13.2 Å². The van der Waals surface area contributed by atoms with E-state index in [1.54, 1.807) is 12.3 Å². The summed E-state index contributed by atoms with van der Waals surface area (Å²) in [5.41, 5.74) is 3.20. The minimum Gasteiger partial charge on any atom is -0.421 e. The molecule has 0 aliphatic rings. The van der Waals surface area contributed by atoms with E-state index in [9.17, 15) is 13.2 Å². The molecule has 54 heavy (non-hydrogen) atoms. The van der Waals surface area contributed by atoms with Crippen LogP contribution in [-0.4, -0.2) is 56.8 Å². The van der Waals surface area contributed by atoms with Gasteiger partial charge in [0, 0.05) is 53.9 Å². The van der Waals surface area contributed by atoms with Crippen molar-refractivity contribution in [3.63, 3.8) is 0 Å². The molecular formula is C40H51F3N8OsP2. The number of alkyl halides is 3. The van der Waals surface area contributed by atoms with Crippen LogP contribution in [0.25, 0.3) is 23.0 Å². The summed E-state index contributed by atoms with van der Waals surface area (Å²) in [6.07, 6.45) is -1.27. The molecule has 0 spiro atoms. The molecule has 0 radical (unpaired) electrons. The van der Waals surface area contributed by atoms with Crippen molar-refractivity contribution in [1.29, 1.82) is 0 Å². The van der Waals surface area contributed by atoms with Gasteiger partial charge in [0.1, 0.15) is 5.82 Å². The molecule has 4 aromatic heterocycles. The van der Waals surface area contributed by atoms with E-state index in [0.29, 0.717) is 11.6 Å². The molecule has 0 N–H and O–H groups in total. The minimum atomic E-state index is -4.59. The number of aromatic nitrogens is 8. The van der Waals surface area contributed by atoms with Crippen molar-refractivity contribution in [2.45, 2.75) is 65.5 Å². The Morgan fingerprint density at radius 3 is 1.24 bits per heavy atom. The van der Waals surface area contributed by atoms with Gasteiger partial charge < -0.3 is 20.2 Å². The van der Waals surface area contributed by atoms with E-state index in [1.165, 1.54) is 22.4 Å². The number of halogens is 3. The Hall–Kier alpha value is -3.69. The van der Waals surface area contributed by atoms with Crippen LogP contribution in [0.3, 0.4) is 0 Å². The molecule has 0 unspecified atom stereocenters. The van der Waals surface area contributed by atoms with Crippen LogP contribution < -0.4 is 20.8 Å². The fourth-order valence-electron chi connectivity index (χ4n) is 4.48. The van der Waals surface area contributed by atoms with E-state index < -0.39 is 12.0 Å². The van der Waals surface area contributed by atoms with Crippen LogP contribution in [0.1, 0.15) is 64.3 Å². The third-order valence-corrected chi connectivity index (χ3v) is 10.7. The Kier molecular flexibility index (Phi) is 17.9. The number of aryl methyl sites for hydroxylation is 1. The average Bonchev–Trinajstić information content (AvgIpc) is 3.80. The SMILES string of the molecule is CC(C)(C)c1ccnc(-c2nc(C(F)(F)F)n[n-]2)c1.C[PH+](C)c1ccccc1.C[PH+](C)c1ccccc1.Cc1n[n-]c(-c2cc(C(C)(C)C)ccn2)n1.[Os]. The number of pyridine rings is 2. The fourth-order valence-corrected chi connectivity index (χ4v) is 6.19. The van der Waals surface area contributed by atoms with Crippen LogP contribution in [0.15, 0.2) is 97.3 Å². The van der Waals surface area contributed by atoms with Crippen molar-refractivity contribution in [2.24, 2.45) is 0 Å². The molecule has 8 nitrogen and oxygen atoms in total. The van der Waals surface area contributed by atoms with Gasteiger partial charge in [0.25, 0.3) is 0 Å². The summed E-state index contributed by atoms with van der Waals surface area (Å²) in [7, 11) is -0.424. The minimum absolute atomic E-state index is 0. The zero-order valence-corrected chi connectivity index (χ0v) is 37.3. The van der Waals surface area contributed by atoms with Crippen molar-refractivity contribution in [3.8, 4) is 23.0 Å². The molecule has 6 aromatic rings. The normalized spacial score (nSPS) is 11.3. The van der Waals surface area contributed by atoms with Crippen LogP contribution in [0.4, 0.5) is 13.2 Å². The molecule has 4 heterocycles. The number of rotatable bonds is 4. The molecule has 0 aliphatic heterocycles. The summed E-state index contributed by atoms with van der Waals surface area (Å²) < 4.78 is 37.2. The van der Waals surface area contributed by atoms with Crippen LogP contribution in [0.2, 0.25) is 0 Å². The fraction of sp³-hybridized carbons (Fsp3) is 0.350. The van der Waals surface area contributed by atoms with E-state index in [-0.39, 0.29) is 58.0 Å². The van der Waals surface area contributed by atoms with E-state index in [2.05, 4.69) is 148 Å². The smallest absolute Gasteiger partial charge is 0.421 e. The molecule has 0 saturated heterocycles. The standard InChI is InChI=1S/C12H12F3N4.C12H15N4.2C8H11P.Os/c1-11(2,3)7-4-5-16-8(6-7)9-17-10(19-18-9)12(13,14)15;1-8-14-11(16-15-8)10-7-9(5-6-13-10)12(2,3)4;2*1-9(2)8-6-4-3-5-7-8;/h4-6H,1-3H3;5-7H,1-4H3;2*3-7H,1-2H3;/q2*-1;;;/p+2. The Labute approximate surface area is 333 Å². The van der Waals surface area contributed by atoms with Crippen molar-refractivity contribution >= 4 is 26.5 Å². The summed E-state index contributed by atoms with van der Waals surface area (Å²) in [4.78, 5) is 15.8. The van der Waals surface area contributed by atoms with Crippen LogP contribution >= 0.6 is 15.8 Å². The summed E-state index contributed by atoms with van der Waals surface area (Å²) in [6, 6.07) is 28.9. The van der Waals surface area contributed by atoms with Crippen LogP contribution in [0.5, 0.6) is 0 Å². The van der Waals surface area contributed by atoms with E-state index in [1.807, 2.05) is 45.9 Å². The van der Waals surface area contributed by atoms with Gasteiger partial charge in [-0.25, -0.2) is 0 Å². The predicted octanol–water partition coefficient (Wildman–Crippen LogP) is 8.48. The third kappa shape index (κ3) is 15.2. The number of benzene rings is 2. The molecule has 0 bridgehead atoms. The first-order valence-corrected chi connectivity index (χ1v) is 22.2. The maximum Gasteiger partial charge on any atom is 0.429 e. The Morgan fingerprint density at radius 2 is 0.944 bits per heavy atom. The van der Waals surface area contributed by atoms with Gasteiger partial charge in [-0.15, -0.1) is 0 Å². The van der Waals surface area contributed by atoms with Crippen molar-refractivity contribution in [1.82, 2.24) is 40.3 Å². The largest absolute Gasteiger partial charge is 0.429 e. The Morgan fingerprint density at radius 1 is 0.556 bits per heavy atom. The molecule has 14 heteroatoms. The van der Waals surface area contributed by atoms with Crippen LogP contribution in [-0.2, 0) is 36.8 Å². The monoisotopic (exact) mass is 954 g/mol. The third-order valence-electron chi connectivity index (χ3n) is 7.67. The quantitative estimate of drug-likeness (QED) is 0.162. The first-order chi connectivity index (χ1) is 24.8. The zero-order chi connectivity index (χ0) is 39.4. The summed E-state index contributed by atoms with van der Waals surface area (Å²) in [5, 5.41) is 17.4. The van der Waals surface area contributed by atoms with E-state index >= 15 is 0 Å². The summed E-state index contributed by atoms with van der Waals surface area (Å²) >= 11 is 0. The van der Waals surface area contributed by atoms with Crippen molar-refractivity contribution < 1.29 is 33.0 Å². The second-order valence-corrected chi connectivity index (χ2v) is 19.9. The second kappa shape index (κ2) is 20.8. The van der Waals surface area contributed by atoms with Gasteiger partial charge in [-0.3, -0.25) is 20.2 Å².